The van der Waals surface area contributed by atoms with Gasteiger partial charge < -0.3 is 19.9 Å². The quantitative estimate of drug-likeness (QED) is 0.168. The van der Waals surface area contributed by atoms with Crippen LogP contribution in [0.5, 0.6) is 5.75 Å². The van der Waals surface area contributed by atoms with Crippen molar-refractivity contribution in [2.45, 2.75) is 64.9 Å². The lowest BCUT2D eigenvalue weighted by molar-refractivity contribution is 0.0689. The summed E-state index contributed by atoms with van der Waals surface area (Å²) in [6.07, 6.45) is 8.49. The summed E-state index contributed by atoms with van der Waals surface area (Å²) >= 11 is 0. The maximum atomic E-state index is 12.9. The van der Waals surface area contributed by atoms with Crippen LogP contribution in [0.4, 0.5) is 16.4 Å². The van der Waals surface area contributed by atoms with Gasteiger partial charge in [-0.2, -0.15) is 0 Å². The standard InChI is InChI=1S/C30H36N4O6/c1-2-3-4-5-6-7-8-12-18-39-23-19-24(31-25(20-23)29(36)37)28(35)33-26-16-13-17-27(32-26)34-30(38)40-21-22-14-10-9-11-15-22/h9-11,13-17,19-20H,2-8,12,18,21H2,1H3,(H,36,37)(H2,32,33,34,35,38). The van der Waals surface area contributed by atoms with E-state index in [1.165, 1.54) is 50.3 Å². The molecular formula is C30H36N4O6. The Hall–Kier alpha value is -4.47. The van der Waals surface area contributed by atoms with Gasteiger partial charge in [0.2, 0.25) is 0 Å². The molecule has 1 aromatic carbocycles. The second-order valence-electron chi connectivity index (χ2n) is 9.25. The van der Waals surface area contributed by atoms with Crippen LogP contribution in [-0.2, 0) is 11.3 Å². The molecule has 10 heteroatoms. The molecule has 3 rings (SSSR count). The van der Waals surface area contributed by atoms with E-state index in [9.17, 15) is 19.5 Å². The number of nitrogens with one attached hydrogen (secondary N) is 2. The summed E-state index contributed by atoms with van der Waals surface area (Å²) in [5, 5.41) is 14.5. The maximum absolute atomic E-state index is 12.9. The molecule has 0 bridgehead atoms. The molecule has 3 aromatic rings. The minimum Gasteiger partial charge on any atom is -0.493 e. The molecule has 0 saturated carbocycles. The van der Waals surface area contributed by atoms with E-state index in [1.54, 1.807) is 12.1 Å². The average Bonchev–Trinajstić information content (AvgIpc) is 2.96. The van der Waals surface area contributed by atoms with Crippen LogP contribution >= 0.6 is 0 Å². The lowest BCUT2D eigenvalue weighted by atomic mass is 10.1. The molecule has 212 valence electrons. The van der Waals surface area contributed by atoms with Crippen molar-refractivity contribution < 1.29 is 29.0 Å². The second kappa shape index (κ2) is 16.5. The van der Waals surface area contributed by atoms with E-state index in [0.717, 1.165) is 24.8 Å². The van der Waals surface area contributed by atoms with Gasteiger partial charge in [0, 0.05) is 12.1 Å². The highest BCUT2D eigenvalue weighted by Crippen LogP contribution is 2.18. The van der Waals surface area contributed by atoms with Gasteiger partial charge in [0.25, 0.3) is 5.91 Å². The number of carboxylic acid groups (broad SMARTS) is 1. The first-order chi connectivity index (χ1) is 19.4. The predicted octanol–water partition coefficient (Wildman–Crippen LogP) is 6.70. The molecule has 0 saturated heterocycles. The van der Waals surface area contributed by atoms with Crippen molar-refractivity contribution in [1.82, 2.24) is 9.97 Å². The van der Waals surface area contributed by atoms with Gasteiger partial charge >= 0.3 is 12.1 Å². The molecule has 0 radical (unpaired) electrons. The van der Waals surface area contributed by atoms with Gasteiger partial charge in [0.05, 0.1) is 6.61 Å². The first kappa shape index (κ1) is 30.1. The Labute approximate surface area is 234 Å². The van der Waals surface area contributed by atoms with Crippen molar-refractivity contribution >= 4 is 29.6 Å². The van der Waals surface area contributed by atoms with E-state index >= 15 is 0 Å². The zero-order valence-electron chi connectivity index (χ0n) is 22.7. The zero-order valence-corrected chi connectivity index (χ0v) is 22.7. The summed E-state index contributed by atoms with van der Waals surface area (Å²) in [5.41, 5.74) is 0.403. The molecule has 0 unspecified atom stereocenters. The van der Waals surface area contributed by atoms with Gasteiger partial charge in [-0.25, -0.2) is 19.6 Å². The number of carbonyl (C=O) groups excluding carboxylic acids is 2. The van der Waals surface area contributed by atoms with Crippen LogP contribution in [0.1, 0.15) is 84.8 Å². The van der Waals surface area contributed by atoms with Gasteiger partial charge in [-0.3, -0.25) is 10.1 Å². The summed E-state index contributed by atoms with van der Waals surface area (Å²) in [7, 11) is 0. The number of unbranched alkanes of at least 4 members (excludes halogenated alkanes) is 7. The molecule has 0 fully saturated rings. The molecule has 10 nitrogen and oxygen atoms in total. The van der Waals surface area contributed by atoms with Crippen molar-refractivity contribution in [3.8, 4) is 5.75 Å². The lowest BCUT2D eigenvalue weighted by Crippen LogP contribution is -2.18. The predicted molar refractivity (Wildman–Crippen MR) is 152 cm³/mol. The third-order valence-electron chi connectivity index (χ3n) is 5.95. The Morgan fingerprint density at radius 3 is 2.12 bits per heavy atom. The van der Waals surface area contributed by atoms with Crippen molar-refractivity contribution in [2.24, 2.45) is 0 Å². The second-order valence-corrected chi connectivity index (χ2v) is 9.25. The number of carboxylic acids is 1. The summed E-state index contributed by atoms with van der Waals surface area (Å²) < 4.78 is 10.9. The Morgan fingerprint density at radius 1 is 0.775 bits per heavy atom. The number of ether oxygens (including phenoxy) is 2. The van der Waals surface area contributed by atoms with Crippen molar-refractivity contribution in [3.05, 3.63) is 77.6 Å². The van der Waals surface area contributed by atoms with E-state index in [2.05, 4.69) is 27.5 Å². The summed E-state index contributed by atoms with van der Waals surface area (Å²) in [5.74, 6) is -1.39. The summed E-state index contributed by atoms with van der Waals surface area (Å²) in [4.78, 5) is 44.7. The molecule has 0 aliphatic rings. The molecular weight excluding hydrogens is 512 g/mol. The number of hydrogen-bond acceptors (Lipinski definition) is 7. The minimum absolute atomic E-state index is 0.0954. The number of nitrogens with zero attached hydrogens (tertiary/aromatic N) is 2. The zero-order chi connectivity index (χ0) is 28.6. The van der Waals surface area contributed by atoms with Crippen molar-refractivity contribution in [2.75, 3.05) is 17.2 Å². The third kappa shape index (κ3) is 10.7. The van der Waals surface area contributed by atoms with Crippen LogP contribution in [0.3, 0.4) is 0 Å². The number of rotatable bonds is 16. The van der Waals surface area contributed by atoms with Gasteiger partial charge in [-0.05, 0) is 24.1 Å². The molecule has 3 N–H and O–H groups in total. The van der Waals surface area contributed by atoms with E-state index in [4.69, 9.17) is 9.47 Å². The SMILES string of the molecule is CCCCCCCCCCOc1cc(C(=O)O)nc(C(=O)Nc2cccc(NC(=O)OCc3ccccc3)n2)c1. The van der Waals surface area contributed by atoms with Crippen LogP contribution < -0.4 is 15.4 Å². The number of hydrogen-bond donors (Lipinski definition) is 3. The molecule has 0 atom stereocenters. The number of aromatic carboxylic acids is 1. The number of pyridine rings is 2. The van der Waals surface area contributed by atoms with E-state index < -0.39 is 18.0 Å². The minimum atomic E-state index is -1.27. The highest BCUT2D eigenvalue weighted by atomic mass is 16.5. The molecule has 40 heavy (non-hydrogen) atoms. The lowest BCUT2D eigenvalue weighted by Gasteiger charge is -2.11. The normalized spacial score (nSPS) is 10.5. The van der Waals surface area contributed by atoms with Crippen molar-refractivity contribution in [3.63, 3.8) is 0 Å². The number of anilines is 2. The highest BCUT2D eigenvalue weighted by molar-refractivity contribution is 6.03. The number of carbonyl (C=O) groups is 3. The first-order valence-corrected chi connectivity index (χ1v) is 13.6. The van der Waals surface area contributed by atoms with Crippen molar-refractivity contribution in [1.29, 1.82) is 0 Å². The average molecular weight is 549 g/mol. The smallest absolute Gasteiger partial charge is 0.413 e. The van der Waals surface area contributed by atoms with E-state index in [0.29, 0.717) is 6.61 Å². The van der Waals surface area contributed by atoms with Gasteiger partial charge in [0.15, 0.2) is 5.69 Å². The molecule has 2 heterocycles. The molecule has 0 aliphatic heterocycles. The monoisotopic (exact) mass is 548 g/mol. The molecule has 2 amide bonds. The maximum Gasteiger partial charge on any atom is 0.413 e. The highest BCUT2D eigenvalue weighted by Gasteiger charge is 2.16. The topological polar surface area (TPSA) is 140 Å². The van der Waals surface area contributed by atoms with Crippen LogP contribution in [-0.4, -0.2) is 39.7 Å². The Morgan fingerprint density at radius 2 is 1.43 bits per heavy atom. The fourth-order valence-electron chi connectivity index (χ4n) is 3.86. The van der Waals surface area contributed by atoms with E-state index in [-0.39, 0.29) is 35.4 Å². The fourth-order valence-corrected chi connectivity index (χ4v) is 3.86. The van der Waals surface area contributed by atoms with Crippen LogP contribution in [0.15, 0.2) is 60.7 Å². The number of amides is 2. The Balaban J connectivity index is 1.53. The Kier molecular flexibility index (Phi) is 12.4. The molecule has 0 aliphatic carbocycles. The van der Waals surface area contributed by atoms with Crippen LogP contribution in [0.25, 0.3) is 0 Å². The van der Waals surface area contributed by atoms with Gasteiger partial charge in [0.1, 0.15) is 29.7 Å². The largest absolute Gasteiger partial charge is 0.493 e. The summed E-state index contributed by atoms with van der Waals surface area (Å²) in [6, 6.07) is 16.6. The number of benzene rings is 1. The van der Waals surface area contributed by atoms with Gasteiger partial charge in [-0.15, -0.1) is 0 Å². The molecule has 2 aromatic heterocycles. The Bertz CT molecular complexity index is 1250. The fraction of sp³-hybridized carbons (Fsp3) is 0.367. The van der Waals surface area contributed by atoms with E-state index in [1.807, 2.05) is 30.3 Å². The summed E-state index contributed by atoms with van der Waals surface area (Å²) in [6.45, 7) is 2.70. The first-order valence-electron chi connectivity index (χ1n) is 13.6. The van der Waals surface area contributed by atoms with Crippen LogP contribution in [0.2, 0.25) is 0 Å². The molecule has 0 spiro atoms. The van der Waals surface area contributed by atoms with Gasteiger partial charge in [-0.1, -0.05) is 88.3 Å². The third-order valence-corrected chi connectivity index (χ3v) is 5.95. The number of aromatic nitrogens is 2. The van der Waals surface area contributed by atoms with Crippen LogP contribution in [0, 0.1) is 0 Å².